The number of hydrogen-bond donors (Lipinski definition) is 2. The molecule has 0 spiro atoms. The van der Waals surface area contributed by atoms with Crippen LogP contribution in [0.3, 0.4) is 0 Å². The van der Waals surface area contributed by atoms with Crippen LogP contribution in [0.15, 0.2) is 42.1 Å². The Morgan fingerprint density at radius 3 is 2.90 bits per heavy atom. The summed E-state index contributed by atoms with van der Waals surface area (Å²) in [6.45, 7) is 5.87. The molecule has 0 aliphatic rings. The monoisotopic (exact) mass is 302 g/mol. The Morgan fingerprint density at radius 2 is 2.19 bits per heavy atom. The zero-order valence-corrected chi connectivity index (χ0v) is 12.9. The SMILES string of the molecule is C=CCNC(=O)[C@H](C)Sc1nc(NC)c2ccccc2n1. The van der Waals surface area contributed by atoms with Gasteiger partial charge in [-0.2, -0.15) is 0 Å². The van der Waals surface area contributed by atoms with Gasteiger partial charge in [0.25, 0.3) is 0 Å². The van der Waals surface area contributed by atoms with E-state index in [-0.39, 0.29) is 11.2 Å². The minimum Gasteiger partial charge on any atom is -0.372 e. The summed E-state index contributed by atoms with van der Waals surface area (Å²) < 4.78 is 0. The Balaban J connectivity index is 2.22. The van der Waals surface area contributed by atoms with Gasteiger partial charge in [-0.1, -0.05) is 30.0 Å². The van der Waals surface area contributed by atoms with Crippen LogP contribution in [0.5, 0.6) is 0 Å². The number of amides is 1. The number of nitrogens with one attached hydrogen (secondary N) is 2. The molecule has 2 N–H and O–H groups in total. The maximum atomic E-state index is 11.9. The summed E-state index contributed by atoms with van der Waals surface area (Å²) in [5.41, 5.74) is 0.859. The van der Waals surface area contributed by atoms with Crippen molar-refractivity contribution < 1.29 is 4.79 Å². The number of benzene rings is 1. The summed E-state index contributed by atoms with van der Waals surface area (Å²) in [4.78, 5) is 20.8. The van der Waals surface area contributed by atoms with Crippen LogP contribution in [0.4, 0.5) is 5.82 Å². The number of nitrogens with zero attached hydrogens (tertiary/aromatic N) is 2. The molecule has 1 amide bonds. The van der Waals surface area contributed by atoms with E-state index in [9.17, 15) is 4.79 Å². The number of rotatable bonds is 6. The minimum absolute atomic E-state index is 0.0531. The molecule has 0 bridgehead atoms. The Kier molecular flexibility index (Phi) is 5.16. The number of thioether (sulfide) groups is 1. The summed E-state index contributed by atoms with van der Waals surface area (Å²) >= 11 is 1.34. The van der Waals surface area contributed by atoms with E-state index in [2.05, 4.69) is 27.2 Å². The quantitative estimate of drug-likeness (QED) is 0.487. The van der Waals surface area contributed by atoms with Crippen LogP contribution < -0.4 is 10.6 Å². The van der Waals surface area contributed by atoms with Crippen LogP contribution in [0.25, 0.3) is 10.9 Å². The zero-order chi connectivity index (χ0) is 15.2. The van der Waals surface area contributed by atoms with Crippen LogP contribution in [0.2, 0.25) is 0 Å². The molecule has 0 aliphatic heterocycles. The predicted octanol–water partition coefficient (Wildman–Crippen LogP) is 2.45. The summed E-state index contributed by atoms with van der Waals surface area (Å²) in [6.07, 6.45) is 1.65. The van der Waals surface area contributed by atoms with E-state index >= 15 is 0 Å². The molecule has 5 nitrogen and oxygen atoms in total. The van der Waals surface area contributed by atoms with Gasteiger partial charge in [0, 0.05) is 19.0 Å². The van der Waals surface area contributed by atoms with Gasteiger partial charge in [-0.15, -0.1) is 6.58 Å². The number of anilines is 1. The lowest BCUT2D eigenvalue weighted by atomic mass is 10.2. The lowest BCUT2D eigenvalue weighted by Gasteiger charge is -2.12. The molecule has 0 saturated heterocycles. The van der Waals surface area contributed by atoms with Crippen LogP contribution in [0.1, 0.15) is 6.92 Å². The lowest BCUT2D eigenvalue weighted by Crippen LogP contribution is -2.31. The summed E-state index contributed by atoms with van der Waals surface area (Å²) in [5, 5.41) is 7.12. The first-order chi connectivity index (χ1) is 10.2. The fourth-order valence-electron chi connectivity index (χ4n) is 1.83. The highest BCUT2D eigenvalue weighted by atomic mass is 32.2. The van der Waals surface area contributed by atoms with E-state index in [1.165, 1.54) is 11.8 Å². The highest BCUT2D eigenvalue weighted by Crippen LogP contribution is 2.26. The fourth-order valence-corrected chi connectivity index (χ4v) is 2.63. The Hall–Kier alpha value is -2.08. The summed E-state index contributed by atoms with van der Waals surface area (Å²) in [7, 11) is 1.82. The van der Waals surface area contributed by atoms with Crippen molar-refractivity contribution in [2.45, 2.75) is 17.3 Å². The van der Waals surface area contributed by atoms with Crippen LogP contribution in [0, 0.1) is 0 Å². The fraction of sp³-hybridized carbons (Fsp3) is 0.267. The summed E-state index contributed by atoms with van der Waals surface area (Å²) in [6, 6.07) is 7.79. The Bertz CT molecular complexity index is 659. The first kappa shape index (κ1) is 15.3. The smallest absolute Gasteiger partial charge is 0.233 e. The molecule has 0 radical (unpaired) electrons. The van der Waals surface area contributed by atoms with Crippen molar-refractivity contribution in [3.8, 4) is 0 Å². The van der Waals surface area contributed by atoms with E-state index in [1.807, 2.05) is 38.2 Å². The third-order valence-electron chi connectivity index (χ3n) is 2.89. The van der Waals surface area contributed by atoms with Crippen molar-refractivity contribution in [3.63, 3.8) is 0 Å². The third-order valence-corrected chi connectivity index (χ3v) is 3.85. The van der Waals surface area contributed by atoms with Crippen molar-refractivity contribution in [1.82, 2.24) is 15.3 Å². The molecule has 2 aromatic rings. The lowest BCUT2D eigenvalue weighted by molar-refractivity contribution is -0.120. The zero-order valence-electron chi connectivity index (χ0n) is 12.1. The molecule has 0 fully saturated rings. The van der Waals surface area contributed by atoms with Crippen LogP contribution in [-0.2, 0) is 4.79 Å². The molecule has 0 unspecified atom stereocenters. The molecule has 110 valence electrons. The molecule has 2 rings (SSSR count). The topological polar surface area (TPSA) is 66.9 Å². The molecule has 0 saturated carbocycles. The van der Waals surface area contributed by atoms with Crippen molar-refractivity contribution in [2.24, 2.45) is 0 Å². The van der Waals surface area contributed by atoms with Gasteiger partial charge < -0.3 is 10.6 Å². The second kappa shape index (κ2) is 7.08. The highest BCUT2D eigenvalue weighted by molar-refractivity contribution is 8.00. The molecule has 0 aliphatic carbocycles. The molecule has 6 heteroatoms. The van der Waals surface area contributed by atoms with Gasteiger partial charge >= 0.3 is 0 Å². The molecule has 1 aromatic carbocycles. The predicted molar refractivity (Wildman–Crippen MR) is 87.6 cm³/mol. The van der Waals surface area contributed by atoms with Crippen LogP contribution >= 0.6 is 11.8 Å². The second-order valence-electron chi connectivity index (χ2n) is 4.42. The van der Waals surface area contributed by atoms with E-state index in [4.69, 9.17) is 0 Å². The van der Waals surface area contributed by atoms with Gasteiger partial charge in [0.15, 0.2) is 5.16 Å². The third kappa shape index (κ3) is 3.72. The number of para-hydroxylation sites is 1. The average Bonchev–Trinajstić information content (AvgIpc) is 2.51. The van der Waals surface area contributed by atoms with Crippen molar-refractivity contribution >= 4 is 34.4 Å². The van der Waals surface area contributed by atoms with Gasteiger partial charge in [0.2, 0.25) is 5.91 Å². The molecule has 1 atom stereocenters. The highest BCUT2D eigenvalue weighted by Gasteiger charge is 2.16. The van der Waals surface area contributed by atoms with Crippen molar-refractivity contribution in [3.05, 3.63) is 36.9 Å². The van der Waals surface area contributed by atoms with Gasteiger partial charge in [0.05, 0.1) is 10.8 Å². The number of hydrogen-bond acceptors (Lipinski definition) is 5. The maximum Gasteiger partial charge on any atom is 0.233 e. The average molecular weight is 302 g/mol. The Labute approximate surface area is 128 Å². The molecular formula is C15H18N4OS. The molecule has 1 aromatic heterocycles. The van der Waals surface area contributed by atoms with Gasteiger partial charge in [-0.25, -0.2) is 9.97 Å². The van der Waals surface area contributed by atoms with Crippen molar-refractivity contribution in [2.75, 3.05) is 18.9 Å². The van der Waals surface area contributed by atoms with E-state index in [0.29, 0.717) is 11.7 Å². The molecule has 1 heterocycles. The molecular weight excluding hydrogens is 284 g/mol. The van der Waals surface area contributed by atoms with Gasteiger partial charge in [0.1, 0.15) is 5.82 Å². The van der Waals surface area contributed by atoms with Gasteiger partial charge in [-0.3, -0.25) is 4.79 Å². The second-order valence-corrected chi connectivity index (χ2v) is 5.72. The first-order valence-corrected chi connectivity index (χ1v) is 7.53. The number of carbonyl (C=O) groups is 1. The number of fused-ring (bicyclic) bond motifs is 1. The molecule has 21 heavy (non-hydrogen) atoms. The normalized spacial score (nSPS) is 11.9. The van der Waals surface area contributed by atoms with Crippen molar-refractivity contribution in [1.29, 1.82) is 0 Å². The van der Waals surface area contributed by atoms with Crippen LogP contribution in [-0.4, -0.2) is 34.7 Å². The first-order valence-electron chi connectivity index (χ1n) is 6.65. The number of carbonyl (C=O) groups excluding carboxylic acids is 1. The summed E-state index contributed by atoms with van der Waals surface area (Å²) in [5.74, 6) is 0.712. The Morgan fingerprint density at radius 1 is 1.43 bits per heavy atom. The largest absolute Gasteiger partial charge is 0.372 e. The minimum atomic E-state index is -0.268. The van der Waals surface area contributed by atoms with E-state index < -0.39 is 0 Å². The van der Waals surface area contributed by atoms with E-state index in [1.54, 1.807) is 6.08 Å². The number of aromatic nitrogens is 2. The van der Waals surface area contributed by atoms with E-state index in [0.717, 1.165) is 16.7 Å². The van der Waals surface area contributed by atoms with Gasteiger partial charge in [-0.05, 0) is 19.1 Å². The maximum absolute atomic E-state index is 11.9. The standard InChI is InChI=1S/C15H18N4OS/c1-4-9-17-14(20)10(2)21-15-18-12-8-6-5-7-11(12)13(16-3)19-15/h4-8,10H,1,9H2,2-3H3,(H,17,20)(H,16,18,19)/t10-/m0/s1.